The second-order valence-corrected chi connectivity index (χ2v) is 4.83. The van der Waals surface area contributed by atoms with E-state index < -0.39 is 0 Å². The molecule has 0 aliphatic rings. The molecule has 0 saturated heterocycles. The van der Waals surface area contributed by atoms with Gasteiger partial charge in [-0.2, -0.15) is 5.10 Å². The van der Waals surface area contributed by atoms with Crippen LogP contribution in [0.4, 0.5) is 0 Å². The topological polar surface area (TPSA) is 53.1 Å². The summed E-state index contributed by atoms with van der Waals surface area (Å²) in [6.07, 6.45) is 5.08. The van der Waals surface area contributed by atoms with Crippen molar-refractivity contribution in [1.82, 2.24) is 9.78 Å². The number of ether oxygens (including phenoxy) is 1. The molecular formula is C15H22ClN3O. The molecule has 0 amide bonds. The third-order valence-corrected chi connectivity index (χ3v) is 2.78. The zero-order valence-electron chi connectivity index (χ0n) is 12.0. The van der Waals surface area contributed by atoms with E-state index in [9.17, 15) is 0 Å². The lowest BCUT2D eigenvalue weighted by atomic mass is 10.1. The largest absolute Gasteiger partial charge is 0.491 e. The molecule has 0 radical (unpaired) electrons. The van der Waals surface area contributed by atoms with Gasteiger partial charge in [0.1, 0.15) is 5.75 Å². The van der Waals surface area contributed by atoms with E-state index in [4.69, 9.17) is 10.5 Å². The van der Waals surface area contributed by atoms with Gasteiger partial charge in [-0.25, -0.2) is 0 Å². The van der Waals surface area contributed by atoms with Gasteiger partial charge in [-0.3, -0.25) is 4.68 Å². The van der Waals surface area contributed by atoms with E-state index in [1.165, 1.54) is 0 Å². The fourth-order valence-electron chi connectivity index (χ4n) is 1.89. The predicted molar refractivity (Wildman–Crippen MR) is 84.3 cm³/mol. The Bertz CT molecular complexity index is 508. The highest BCUT2D eigenvalue weighted by atomic mass is 35.5. The fraction of sp³-hybridized carbons (Fsp3) is 0.400. The lowest BCUT2D eigenvalue weighted by Gasteiger charge is -2.09. The first-order valence-electron chi connectivity index (χ1n) is 6.68. The highest BCUT2D eigenvalue weighted by molar-refractivity contribution is 5.85. The molecule has 0 spiro atoms. The lowest BCUT2D eigenvalue weighted by molar-refractivity contribution is 0.242. The van der Waals surface area contributed by atoms with Gasteiger partial charge in [-0.15, -0.1) is 12.4 Å². The minimum absolute atomic E-state index is 0. The van der Waals surface area contributed by atoms with Crippen LogP contribution >= 0.6 is 12.4 Å². The quantitative estimate of drug-likeness (QED) is 0.891. The number of aromatic nitrogens is 2. The van der Waals surface area contributed by atoms with Gasteiger partial charge in [0.25, 0.3) is 0 Å². The molecule has 0 fully saturated rings. The molecule has 1 aromatic heterocycles. The Morgan fingerprint density at radius 1 is 1.20 bits per heavy atom. The number of hydrogen-bond acceptors (Lipinski definition) is 3. The molecule has 0 unspecified atom stereocenters. The van der Waals surface area contributed by atoms with Gasteiger partial charge in [0, 0.05) is 18.3 Å². The van der Waals surface area contributed by atoms with Crippen molar-refractivity contribution in [2.75, 3.05) is 6.54 Å². The van der Waals surface area contributed by atoms with Crippen molar-refractivity contribution in [2.45, 2.75) is 32.9 Å². The van der Waals surface area contributed by atoms with Crippen LogP contribution in [0.2, 0.25) is 0 Å². The molecule has 0 saturated carbocycles. The van der Waals surface area contributed by atoms with E-state index >= 15 is 0 Å². The summed E-state index contributed by atoms with van der Waals surface area (Å²) in [7, 11) is 0. The molecule has 1 heterocycles. The summed E-state index contributed by atoms with van der Waals surface area (Å²) in [5, 5.41) is 4.33. The molecule has 5 heteroatoms. The zero-order valence-corrected chi connectivity index (χ0v) is 12.8. The summed E-state index contributed by atoms with van der Waals surface area (Å²) in [4.78, 5) is 0. The van der Waals surface area contributed by atoms with Crippen LogP contribution in [-0.4, -0.2) is 22.4 Å². The average Bonchev–Trinajstić information content (AvgIpc) is 2.85. The Kier molecular flexibility index (Phi) is 6.55. The fourth-order valence-corrected chi connectivity index (χ4v) is 1.89. The monoisotopic (exact) mass is 295 g/mol. The second-order valence-electron chi connectivity index (χ2n) is 4.83. The molecule has 0 bridgehead atoms. The number of rotatable bonds is 6. The van der Waals surface area contributed by atoms with Gasteiger partial charge in [0.2, 0.25) is 0 Å². The Balaban J connectivity index is 0.00000200. The Morgan fingerprint density at radius 3 is 2.50 bits per heavy atom. The van der Waals surface area contributed by atoms with E-state index in [-0.39, 0.29) is 18.5 Å². The molecule has 2 N–H and O–H groups in total. The minimum Gasteiger partial charge on any atom is -0.491 e. The normalized spacial score (nSPS) is 10.4. The molecule has 2 rings (SSSR count). The molecule has 2 aromatic rings. The smallest absolute Gasteiger partial charge is 0.119 e. The van der Waals surface area contributed by atoms with Gasteiger partial charge < -0.3 is 10.5 Å². The highest BCUT2D eigenvalue weighted by Gasteiger charge is 2.03. The zero-order chi connectivity index (χ0) is 13.7. The molecule has 0 atom stereocenters. The standard InChI is InChI=1S/C15H21N3O.ClH/c1-12(2)19-15-6-4-13(5-7-15)14-10-17-18(11-14)9-3-8-16;/h4-7,10-12H,3,8-9,16H2,1-2H3;1H. The van der Waals surface area contributed by atoms with E-state index in [0.29, 0.717) is 6.54 Å². The van der Waals surface area contributed by atoms with Crippen LogP contribution in [-0.2, 0) is 6.54 Å². The maximum absolute atomic E-state index is 5.63. The maximum atomic E-state index is 5.63. The van der Waals surface area contributed by atoms with Crippen molar-refractivity contribution in [3.05, 3.63) is 36.7 Å². The number of nitrogens with two attached hydrogens (primary N) is 1. The van der Waals surface area contributed by atoms with Crippen molar-refractivity contribution in [1.29, 1.82) is 0 Å². The summed E-state index contributed by atoms with van der Waals surface area (Å²) < 4.78 is 7.56. The van der Waals surface area contributed by atoms with Gasteiger partial charge in [0.05, 0.1) is 12.3 Å². The third-order valence-electron chi connectivity index (χ3n) is 2.78. The first-order valence-corrected chi connectivity index (χ1v) is 6.68. The van der Waals surface area contributed by atoms with Crippen LogP contribution in [0.1, 0.15) is 20.3 Å². The van der Waals surface area contributed by atoms with Gasteiger partial charge >= 0.3 is 0 Å². The number of nitrogens with zero attached hydrogens (tertiary/aromatic N) is 2. The molecule has 0 aliphatic carbocycles. The minimum atomic E-state index is 0. The number of aryl methyl sites for hydroxylation is 1. The highest BCUT2D eigenvalue weighted by Crippen LogP contribution is 2.22. The molecule has 20 heavy (non-hydrogen) atoms. The van der Waals surface area contributed by atoms with Crippen LogP contribution in [0, 0.1) is 0 Å². The van der Waals surface area contributed by atoms with Gasteiger partial charge in [0.15, 0.2) is 0 Å². The van der Waals surface area contributed by atoms with E-state index in [1.807, 2.05) is 43.1 Å². The van der Waals surface area contributed by atoms with E-state index in [1.54, 1.807) is 0 Å². The molecule has 110 valence electrons. The molecule has 1 aromatic carbocycles. The predicted octanol–water partition coefficient (Wildman–Crippen LogP) is 3.11. The molecular weight excluding hydrogens is 274 g/mol. The van der Waals surface area contributed by atoms with E-state index in [2.05, 4.69) is 17.2 Å². The summed E-state index contributed by atoms with van der Waals surface area (Å²) in [6.45, 7) is 5.60. The van der Waals surface area contributed by atoms with Crippen molar-refractivity contribution in [3.8, 4) is 16.9 Å². The van der Waals surface area contributed by atoms with Crippen molar-refractivity contribution in [3.63, 3.8) is 0 Å². The summed E-state index contributed by atoms with van der Waals surface area (Å²) >= 11 is 0. The van der Waals surface area contributed by atoms with Crippen LogP contribution in [0.3, 0.4) is 0 Å². The summed E-state index contributed by atoms with van der Waals surface area (Å²) in [5.41, 5.74) is 7.76. The first kappa shape index (κ1) is 16.5. The van der Waals surface area contributed by atoms with Crippen LogP contribution in [0.15, 0.2) is 36.7 Å². The van der Waals surface area contributed by atoms with Crippen LogP contribution < -0.4 is 10.5 Å². The molecule has 4 nitrogen and oxygen atoms in total. The lowest BCUT2D eigenvalue weighted by Crippen LogP contribution is -2.05. The Hall–Kier alpha value is -1.52. The maximum Gasteiger partial charge on any atom is 0.119 e. The third kappa shape index (κ3) is 4.54. The van der Waals surface area contributed by atoms with Gasteiger partial charge in [-0.05, 0) is 44.5 Å². The Labute approximate surface area is 126 Å². The second kappa shape index (κ2) is 7.92. The number of halogens is 1. The van der Waals surface area contributed by atoms with Crippen molar-refractivity contribution < 1.29 is 4.74 Å². The average molecular weight is 296 g/mol. The summed E-state index contributed by atoms with van der Waals surface area (Å²) in [5.74, 6) is 0.897. The summed E-state index contributed by atoms with van der Waals surface area (Å²) in [6, 6.07) is 8.10. The number of hydrogen-bond donors (Lipinski definition) is 1. The van der Waals surface area contributed by atoms with Crippen molar-refractivity contribution in [2.24, 2.45) is 5.73 Å². The Morgan fingerprint density at radius 2 is 1.90 bits per heavy atom. The SMILES string of the molecule is CC(C)Oc1ccc(-c2cnn(CCCN)c2)cc1.Cl. The van der Waals surface area contributed by atoms with Crippen LogP contribution in [0.25, 0.3) is 11.1 Å². The van der Waals surface area contributed by atoms with Crippen LogP contribution in [0.5, 0.6) is 5.75 Å². The first-order chi connectivity index (χ1) is 9.19. The molecule has 0 aliphatic heterocycles. The van der Waals surface area contributed by atoms with Crippen molar-refractivity contribution >= 4 is 12.4 Å². The van der Waals surface area contributed by atoms with E-state index in [0.717, 1.165) is 29.8 Å². The number of benzene rings is 1. The van der Waals surface area contributed by atoms with Gasteiger partial charge in [-0.1, -0.05) is 12.1 Å².